The Morgan fingerprint density at radius 2 is 1.93 bits per heavy atom. The average Bonchev–Trinajstić information content (AvgIpc) is 2.67. The van der Waals surface area contributed by atoms with Gasteiger partial charge in [0.1, 0.15) is 0 Å². The maximum atomic E-state index is 13.0. The molecule has 1 amide bonds. The van der Waals surface area contributed by atoms with Crippen molar-refractivity contribution >= 4 is 28.6 Å². The molecule has 2 aromatic rings. The van der Waals surface area contributed by atoms with Crippen molar-refractivity contribution in [1.82, 2.24) is 14.5 Å². The predicted octanol–water partition coefficient (Wildman–Crippen LogP) is 0.659. The lowest BCUT2D eigenvalue weighted by molar-refractivity contribution is -0.858. The zero-order valence-electron chi connectivity index (χ0n) is 17.7. The highest BCUT2D eigenvalue weighted by atomic mass is 32.2. The van der Waals surface area contributed by atoms with Crippen LogP contribution in [0.4, 0.5) is 0 Å². The zero-order chi connectivity index (χ0) is 21.0. The number of amides is 1. The third-order valence-electron chi connectivity index (χ3n) is 4.98. The van der Waals surface area contributed by atoms with E-state index >= 15 is 0 Å². The molecule has 1 N–H and O–H groups in total. The van der Waals surface area contributed by atoms with Crippen LogP contribution in [0.25, 0.3) is 10.9 Å². The number of rotatable bonds is 7. The van der Waals surface area contributed by atoms with Gasteiger partial charge in [-0.05, 0) is 26.0 Å². The molecule has 0 bridgehead atoms. The van der Waals surface area contributed by atoms with E-state index in [1.807, 2.05) is 43.0 Å². The van der Waals surface area contributed by atoms with Crippen LogP contribution < -0.4 is 10.5 Å². The molecule has 0 radical (unpaired) electrons. The fourth-order valence-electron chi connectivity index (χ4n) is 3.64. The number of aromatic nitrogens is 2. The molecule has 0 saturated carbocycles. The highest BCUT2D eigenvalue weighted by molar-refractivity contribution is 7.99. The number of fused-ring (bicyclic) bond motifs is 1. The lowest BCUT2D eigenvalue weighted by atomic mass is 10.2. The topological polar surface area (TPSA) is 68.9 Å². The smallest absolute Gasteiger partial charge is 0.262 e. The maximum Gasteiger partial charge on any atom is 0.262 e. The van der Waals surface area contributed by atoms with Gasteiger partial charge in [-0.15, -0.1) is 0 Å². The first-order valence-corrected chi connectivity index (χ1v) is 11.2. The van der Waals surface area contributed by atoms with Crippen LogP contribution in [0, 0.1) is 0 Å². The normalized spacial score (nSPS) is 19.8. The second-order valence-corrected chi connectivity index (χ2v) is 8.97. The lowest BCUT2D eigenvalue weighted by Gasteiger charge is -2.35. The number of hydrogen-bond acceptors (Lipinski definition) is 5. The molecule has 1 saturated heterocycles. The minimum atomic E-state index is -0.0343. The highest BCUT2D eigenvalue weighted by Crippen LogP contribution is 2.20. The Balaban J connectivity index is 1.79. The Kier molecular flexibility index (Phi) is 7.32. The van der Waals surface area contributed by atoms with E-state index in [-0.39, 0.29) is 29.4 Å². The highest BCUT2D eigenvalue weighted by Gasteiger charge is 2.26. The van der Waals surface area contributed by atoms with Crippen LogP contribution in [0.3, 0.4) is 0 Å². The van der Waals surface area contributed by atoms with Gasteiger partial charge in [-0.1, -0.05) is 23.9 Å². The quantitative estimate of drug-likeness (QED) is 0.528. The summed E-state index contributed by atoms with van der Waals surface area (Å²) in [5.41, 5.74) is 0.642. The van der Waals surface area contributed by atoms with E-state index in [4.69, 9.17) is 9.72 Å². The van der Waals surface area contributed by atoms with Crippen LogP contribution >= 0.6 is 11.8 Å². The first-order chi connectivity index (χ1) is 13.8. The van der Waals surface area contributed by atoms with Gasteiger partial charge < -0.3 is 14.5 Å². The second-order valence-electron chi connectivity index (χ2n) is 8.02. The second kappa shape index (κ2) is 9.73. The molecular weight excluding hydrogens is 388 g/mol. The van der Waals surface area contributed by atoms with E-state index in [2.05, 4.69) is 14.1 Å². The van der Waals surface area contributed by atoms with E-state index in [1.165, 1.54) is 16.7 Å². The SMILES string of the molecule is C[C@H]1CN(C(=O)CSc2nc3ccccc3c(=O)n2CCC[NH+](C)C)C[C@H](C)O1. The lowest BCUT2D eigenvalue weighted by Crippen LogP contribution is -3.05. The summed E-state index contributed by atoms with van der Waals surface area (Å²) in [5, 5.41) is 1.24. The van der Waals surface area contributed by atoms with Gasteiger partial charge in [-0.3, -0.25) is 14.2 Å². The molecule has 1 aliphatic rings. The summed E-state index contributed by atoms with van der Waals surface area (Å²) in [4.78, 5) is 33.7. The van der Waals surface area contributed by atoms with E-state index in [9.17, 15) is 9.59 Å². The van der Waals surface area contributed by atoms with Crippen molar-refractivity contribution in [3.63, 3.8) is 0 Å². The van der Waals surface area contributed by atoms with Gasteiger partial charge in [0.05, 0.1) is 49.5 Å². The zero-order valence-corrected chi connectivity index (χ0v) is 18.5. The van der Waals surface area contributed by atoms with Crippen molar-refractivity contribution < 1.29 is 14.4 Å². The molecular formula is C21H31N4O3S+. The molecule has 2 atom stereocenters. The summed E-state index contributed by atoms with van der Waals surface area (Å²) in [6, 6.07) is 7.40. The summed E-state index contributed by atoms with van der Waals surface area (Å²) < 4.78 is 7.45. The van der Waals surface area contributed by atoms with Gasteiger partial charge in [0.15, 0.2) is 5.16 Å². The van der Waals surface area contributed by atoms with Gasteiger partial charge in [0.25, 0.3) is 5.56 Å². The number of thioether (sulfide) groups is 1. The van der Waals surface area contributed by atoms with Gasteiger partial charge in [-0.2, -0.15) is 0 Å². The van der Waals surface area contributed by atoms with Crippen LogP contribution in [0.15, 0.2) is 34.2 Å². The monoisotopic (exact) mass is 419 g/mol. The van der Waals surface area contributed by atoms with Gasteiger partial charge in [0, 0.05) is 26.1 Å². The van der Waals surface area contributed by atoms with Crippen molar-refractivity contribution in [1.29, 1.82) is 0 Å². The van der Waals surface area contributed by atoms with Gasteiger partial charge >= 0.3 is 0 Å². The number of morpholine rings is 1. The molecule has 29 heavy (non-hydrogen) atoms. The molecule has 1 fully saturated rings. The summed E-state index contributed by atoms with van der Waals surface area (Å²) in [6.07, 6.45) is 0.957. The van der Waals surface area contributed by atoms with Crippen LogP contribution in [-0.4, -0.2) is 72.0 Å². The van der Waals surface area contributed by atoms with Crippen LogP contribution in [-0.2, 0) is 16.1 Å². The number of quaternary nitrogens is 1. The Morgan fingerprint density at radius 1 is 1.24 bits per heavy atom. The average molecular weight is 420 g/mol. The van der Waals surface area contributed by atoms with Crippen molar-refractivity contribution in [2.75, 3.05) is 39.5 Å². The maximum absolute atomic E-state index is 13.0. The Morgan fingerprint density at radius 3 is 2.62 bits per heavy atom. The molecule has 0 unspecified atom stereocenters. The summed E-state index contributed by atoms with van der Waals surface area (Å²) in [6.45, 7) is 6.74. The number of para-hydroxylation sites is 1. The van der Waals surface area contributed by atoms with Crippen molar-refractivity contribution in [2.24, 2.45) is 0 Å². The van der Waals surface area contributed by atoms with E-state index < -0.39 is 0 Å². The molecule has 8 heteroatoms. The number of carbonyl (C=O) groups is 1. The molecule has 7 nitrogen and oxygen atoms in total. The number of hydrogen-bond donors (Lipinski definition) is 1. The summed E-state index contributed by atoms with van der Waals surface area (Å²) >= 11 is 1.35. The third-order valence-corrected chi connectivity index (χ3v) is 5.94. The fraction of sp³-hybridized carbons (Fsp3) is 0.571. The van der Waals surface area contributed by atoms with E-state index in [0.29, 0.717) is 35.7 Å². The first-order valence-electron chi connectivity index (χ1n) is 10.2. The van der Waals surface area contributed by atoms with Crippen LogP contribution in [0.2, 0.25) is 0 Å². The van der Waals surface area contributed by atoms with Crippen LogP contribution in [0.1, 0.15) is 20.3 Å². The first kappa shape index (κ1) is 21.8. The summed E-state index contributed by atoms with van der Waals surface area (Å²) in [5.74, 6) is 0.326. The Hall–Kier alpha value is -1.90. The minimum absolute atomic E-state index is 0.0343. The third kappa shape index (κ3) is 5.58. The summed E-state index contributed by atoms with van der Waals surface area (Å²) in [7, 11) is 4.19. The standard InChI is InChI=1S/C21H30N4O3S/c1-15-12-24(13-16(2)28-15)19(26)14-29-21-22-18-9-6-5-8-17(18)20(27)25(21)11-7-10-23(3)4/h5-6,8-9,15-16H,7,10-14H2,1-4H3/p+1/t15-,16-/m0/s1. The van der Waals surface area contributed by atoms with Gasteiger partial charge in [0.2, 0.25) is 5.91 Å². The molecule has 0 spiro atoms. The number of ether oxygens (including phenoxy) is 1. The van der Waals surface area contributed by atoms with Gasteiger partial charge in [-0.25, -0.2) is 4.98 Å². The minimum Gasteiger partial charge on any atom is -0.372 e. The molecule has 1 aliphatic heterocycles. The number of nitrogens with zero attached hydrogens (tertiary/aromatic N) is 3. The molecule has 158 valence electrons. The molecule has 0 aliphatic carbocycles. The number of carbonyl (C=O) groups excluding carboxylic acids is 1. The van der Waals surface area contributed by atoms with Crippen molar-refractivity contribution in [2.45, 2.75) is 44.2 Å². The van der Waals surface area contributed by atoms with E-state index in [0.717, 1.165) is 13.0 Å². The Bertz CT molecular complexity index is 904. The molecule has 1 aromatic heterocycles. The predicted molar refractivity (Wildman–Crippen MR) is 116 cm³/mol. The largest absolute Gasteiger partial charge is 0.372 e. The van der Waals surface area contributed by atoms with Crippen LogP contribution in [0.5, 0.6) is 0 Å². The molecule has 2 heterocycles. The van der Waals surface area contributed by atoms with E-state index in [1.54, 1.807) is 4.57 Å². The number of benzene rings is 1. The fourth-order valence-corrected chi connectivity index (χ4v) is 4.57. The van der Waals surface area contributed by atoms with Crippen molar-refractivity contribution in [3.8, 4) is 0 Å². The number of nitrogens with one attached hydrogen (secondary N) is 1. The molecule has 1 aromatic carbocycles. The Labute approximate surface area is 176 Å². The molecule has 3 rings (SSSR count). The van der Waals surface area contributed by atoms with Crippen molar-refractivity contribution in [3.05, 3.63) is 34.6 Å².